The highest BCUT2D eigenvalue weighted by atomic mass is 15.7. The van der Waals surface area contributed by atoms with Crippen LogP contribution in [0.5, 0.6) is 0 Å². The number of rotatable bonds is 0. The number of aromatic nitrogens is 1. The van der Waals surface area contributed by atoms with Crippen molar-refractivity contribution in [2.45, 2.75) is 95.2 Å². The van der Waals surface area contributed by atoms with Crippen molar-refractivity contribution in [1.29, 1.82) is 0 Å². The normalized spacial score (nSPS) is 21.4. The maximum atomic E-state index is 5.85. The number of fused-ring (bicyclic) bond motifs is 12. The number of benzene rings is 4. The van der Waals surface area contributed by atoms with Gasteiger partial charge in [0.1, 0.15) is 5.82 Å². The average molecular weight is 696 g/mol. The SMILES string of the molecule is Cc1cc(C)c2c(c1C)C1=NC3=[N+]4C(Nc5c6c(C)c(C)cc(C)c6c6n5C45[N+]1=C2NC1=[N+]5C(=N6)c2c(C)c(C)cc(C)c21)c1c(C)c(C)cc(C)c13. The summed E-state index contributed by atoms with van der Waals surface area (Å²) in [6.07, 6.45) is -0.164. The van der Waals surface area contributed by atoms with Crippen molar-refractivity contribution in [3.05, 3.63) is 124 Å². The highest BCUT2D eigenvalue weighted by Crippen LogP contribution is 2.58. The third kappa shape index (κ3) is 2.87. The van der Waals surface area contributed by atoms with Gasteiger partial charge < -0.3 is 5.32 Å². The summed E-state index contributed by atoms with van der Waals surface area (Å²) in [6.45, 7) is 27.2. The average Bonchev–Trinajstić information content (AvgIpc) is 3.83. The maximum absolute atomic E-state index is 5.85. The van der Waals surface area contributed by atoms with E-state index in [-0.39, 0.29) is 6.17 Å². The molecule has 2 N–H and O–H groups in total. The Morgan fingerprint density at radius 2 is 1.06 bits per heavy atom. The minimum absolute atomic E-state index is 0.164. The van der Waals surface area contributed by atoms with Gasteiger partial charge in [0.05, 0.1) is 27.8 Å². The van der Waals surface area contributed by atoms with Crippen molar-refractivity contribution in [1.82, 2.24) is 9.88 Å². The molecule has 0 radical (unpaired) electrons. The topological polar surface area (TPSA) is 62.7 Å². The Morgan fingerprint density at radius 1 is 0.547 bits per heavy atom. The van der Waals surface area contributed by atoms with Gasteiger partial charge in [-0.2, -0.15) is 4.57 Å². The standard InChI is InChI=1S/C45H41N8/c1-17-13-21(5)29-33(25(17)9)41-47-39-31-23(7)15-19(3)27(11)35(31)43-49-44-36-28(12)20(4)16-24(8)32(36)40-48-42-34-26(10)18(2)14-22(6)30(34)38-46-37(29)50(41)45(51(38)42,52(39)43)53(40)44/h13-16,43H,1-12H3/q+1/p+2. The van der Waals surface area contributed by atoms with Gasteiger partial charge in [-0.15, -0.1) is 13.7 Å². The quantitative estimate of drug-likeness (QED) is 0.165. The molecular formula is C45H43N8+3. The first-order valence-electron chi connectivity index (χ1n) is 19.0. The van der Waals surface area contributed by atoms with E-state index in [1.807, 2.05) is 0 Å². The molecule has 0 fully saturated rings. The third-order valence-electron chi connectivity index (χ3n) is 14.1. The summed E-state index contributed by atoms with van der Waals surface area (Å²) in [5.74, 6) is 6.44. The minimum Gasteiger partial charge on any atom is -0.328 e. The van der Waals surface area contributed by atoms with E-state index in [4.69, 9.17) is 9.98 Å². The first-order chi connectivity index (χ1) is 25.3. The van der Waals surface area contributed by atoms with Crippen LogP contribution in [-0.2, 0) is 5.91 Å². The Morgan fingerprint density at radius 3 is 1.66 bits per heavy atom. The number of anilines is 1. The predicted molar refractivity (Wildman–Crippen MR) is 211 cm³/mol. The van der Waals surface area contributed by atoms with Crippen LogP contribution < -0.4 is 10.6 Å². The van der Waals surface area contributed by atoms with E-state index >= 15 is 0 Å². The molecule has 0 bridgehead atoms. The Bertz CT molecular complexity index is 3010. The van der Waals surface area contributed by atoms with Gasteiger partial charge in [-0.25, -0.2) is 5.32 Å². The molecule has 8 nitrogen and oxygen atoms in total. The minimum atomic E-state index is -0.908. The van der Waals surface area contributed by atoms with Crippen LogP contribution in [0.3, 0.4) is 0 Å². The first kappa shape index (κ1) is 29.9. The fraction of sp³-hybridized carbons (Fsp3) is 0.311. The Hall–Kier alpha value is -5.63. The summed E-state index contributed by atoms with van der Waals surface area (Å²) in [5, 5.41) is 10.8. The van der Waals surface area contributed by atoms with Crippen molar-refractivity contribution in [3.8, 4) is 0 Å². The van der Waals surface area contributed by atoms with Gasteiger partial charge in [-0.05, 0) is 150 Å². The number of hydrogen-bond donors (Lipinski definition) is 2. The molecule has 260 valence electrons. The fourth-order valence-electron chi connectivity index (χ4n) is 11.3. The van der Waals surface area contributed by atoms with Crippen LogP contribution in [0, 0.1) is 83.1 Å². The summed E-state index contributed by atoms with van der Waals surface area (Å²) >= 11 is 0. The van der Waals surface area contributed by atoms with Crippen molar-refractivity contribution in [2.24, 2.45) is 9.98 Å². The van der Waals surface area contributed by atoms with Gasteiger partial charge in [-0.3, -0.25) is 0 Å². The molecular weight excluding hydrogens is 653 g/mol. The van der Waals surface area contributed by atoms with Crippen LogP contribution >= 0.6 is 0 Å². The van der Waals surface area contributed by atoms with Crippen LogP contribution in [0.15, 0.2) is 34.3 Å². The molecule has 8 heteroatoms. The Labute approximate surface area is 309 Å². The molecule has 2 unspecified atom stereocenters. The van der Waals surface area contributed by atoms with Crippen LogP contribution in [0.1, 0.15) is 106 Å². The van der Waals surface area contributed by atoms with Crippen LogP contribution in [0.4, 0.5) is 11.6 Å². The Kier molecular flexibility index (Phi) is 4.94. The van der Waals surface area contributed by atoms with Gasteiger partial charge in [0.15, 0.2) is 0 Å². The molecule has 1 spiro atoms. The van der Waals surface area contributed by atoms with Crippen molar-refractivity contribution in [3.63, 3.8) is 0 Å². The zero-order valence-electron chi connectivity index (χ0n) is 32.6. The second kappa shape index (κ2) is 8.76. The van der Waals surface area contributed by atoms with E-state index in [1.54, 1.807) is 0 Å². The van der Waals surface area contributed by atoms with E-state index in [0.717, 1.165) is 40.8 Å². The summed E-state index contributed by atoms with van der Waals surface area (Å²) in [5.41, 5.74) is 22.9. The van der Waals surface area contributed by atoms with E-state index in [0.29, 0.717) is 0 Å². The molecule has 0 saturated heterocycles. The lowest BCUT2D eigenvalue weighted by Crippen LogP contribution is -2.73. The number of amidine groups is 5. The molecule has 5 aromatic rings. The van der Waals surface area contributed by atoms with Crippen LogP contribution in [-0.4, -0.2) is 47.5 Å². The lowest BCUT2D eigenvalue weighted by atomic mass is 9.92. The summed E-state index contributed by atoms with van der Waals surface area (Å²) < 4.78 is 10.3. The lowest BCUT2D eigenvalue weighted by molar-refractivity contribution is -0.998. The zero-order chi connectivity index (χ0) is 36.6. The summed E-state index contributed by atoms with van der Waals surface area (Å²) in [4.78, 5) is 11.7. The molecule has 8 heterocycles. The maximum Gasteiger partial charge on any atom is 0.463 e. The summed E-state index contributed by atoms with van der Waals surface area (Å²) in [6, 6.07) is 9.42. The molecule has 7 aliphatic rings. The zero-order valence-corrected chi connectivity index (χ0v) is 32.6. The third-order valence-corrected chi connectivity index (χ3v) is 14.1. The van der Waals surface area contributed by atoms with E-state index < -0.39 is 5.91 Å². The molecule has 2 atom stereocenters. The highest BCUT2D eigenvalue weighted by Gasteiger charge is 2.75. The second-order valence-electron chi connectivity index (χ2n) is 16.8. The van der Waals surface area contributed by atoms with Crippen molar-refractivity contribution in [2.75, 3.05) is 5.32 Å². The molecule has 0 saturated carbocycles. The van der Waals surface area contributed by atoms with Crippen LogP contribution in [0.2, 0.25) is 0 Å². The van der Waals surface area contributed by atoms with Crippen molar-refractivity contribution < 1.29 is 13.7 Å². The summed E-state index contributed by atoms with van der Waals surface area (Å²) in [7, 11) is 0. The van der Waals surface area contributed by atoms with Gasteiger partial charge in [-0.1, -0.05) is 34.3 Å². The van der Waals surface area contributed by atoms with Gasteiger partial charge in [0.2, 0.25) is 23.7 Å². The largest absolute Gasteiger partial charge is 0.463 e. The number of aryl methyl sites for hydroxylation is 9. The van der Waals surface area contributed by atoms with Gasteiger partial charge in [0, 0.05) is 16.3 Å². The number of nitrogens with zero attached hydrogens (tertiary/aromatic N) is 6. The lowest BCUT2D eigenvalue weighted by Gasteiger charge is -2.44. The molecule has 4 aromatic carbocycles. The van der Waals surface area contributed by atoms with Crippen molar-refractivity contribution >= 4 is 51.6 Å². The number of nitrogens with one attached hydrogen (secondary N) is 2. The number of hydrogen-bond acceptors (Lipinski definition) is 4. The van der Waals surface area contributed by atoms with E-state index in [9.17, 15) is 0 Å². The predicted octanol–water partition coefficient (Wildman–Crippen LogP) is 7.51. The smallest absolute Gasteiger partial charge is 0.328 e. The first-order valence-corrected chi connectivity index (χ1v) is 19.0. The monoisotopic (exact) mass is 695 g/mol. The molecule has 12 rings (SSSR count). The molecule has 53 heavy (non-hydrogen) atoms. The van der Waals surface area contributed by atoms with E-state index in [2.05, 4.69) is 136 Å². The molecule has 0 amide bonds. The Balaban J connectivity index is 1.39. The van der Waals surface area contributed by atoms with Gasteiger partial charge >= 0.3 is 11.7 Å². The molecule has 1 aromatic heterocycles. The molecule has 0 aliphatic carbocycles. The van der Waals surface area contributed by atoms with Gasteiger partial charge in [0.25, 0.3) is 11.7 Å². The second-order valence-corrected chi connectivity index (χ2v) is 16.8. The van der Waals surface area contributed by atoms with E-state index in [1.165, 1.54) is 111 Å². The van der Waals surface area contributed by atoms with Crippen LogP contribution in [0.25, 0.3) is 10.8 Å². The molecule has 7 aliphatic heterocycles. The number of aliphatic imine (C=N–C) groups is 2. The fourth-order valence-corrected chi connectivity index (χ4v) is 11.3. The highest BCUT2D eigenvalue weighted by molar-refractivity contribution is 6.28.